The molecule has 0 amide bonds. The van der Waals surface area contributed by atoms with Crippen LogP contribution in [0.5, 0.6) is 0 Å². The Morgan fingerprint density at radius 2 is 1.67 bits per heavy atom. The van der Waals surface area contributed by atoms with Gasteiger partial charge < -0.3 is 5.32 Å². The van der Waals surface area contributed by atoms with E-state index in [0.717, 1.165) is 18.5 Å². The predicted molar refractivity (Wildman–Crippen MR) is 90.5 cm³/mol. The Morgan fingerprint density at radius 3 is 2.10 bits per heavy atom. The van der Waals surface area contributed by atoms with Gasteiger partial charge in [0.05, 0.1) is 5.75 Å². The summed E-state index contributed by atoms with van der Waals surface area (Å²) in [6.07, 6.45) is 0.989. The van der Waals surface area contributed by atoms with Crippen molar-refractivity contribution in [2.24, 2.45) is 0 Å². The molecule has 1 rings (SSSR count). The van der Waals surface area contributed by atoms with Crippen LogP contribution in [-0.2, 0) is 15.3 Å². The molecule has 0 saturated heterocycles. The first-order valence-corrected chi connectivity index (χ1v) is 9.56. The largest absolute Gasteiger partial charge is 0.309 e. The van der Waals surface area contributed by atoms with E-state index in [0.29, 0.717) is 0 Å². The second-order valence-electron chi connectivity index (χ2n) is 6.58. The Hall–Kier alpha value is -0.870. The lowest BCUT2D eigenvalue weighted by molar-refractivity contribution is 0.545. The van der Waals surface area contributed by atoms with Gasteiger partial charge in [0.15, 0.2) is 9.84 Å². The standard InChI is InChI=1S/C17H29NO2S/c1-6-12-18-16(13-21(19,20)7-2)14-8-10-15(11-9-14)17(3,4)5/h8-11,16,18H,6-7,12-13H2,1-5H3. The molecule has 0 radical (unpaired) electrons. The molecule has 0 aliphatic carbocycles. The van der Waals surface area contributed by atoms with Gasteiger partial charge in [0.25, 0.3) is 0 Å². The van der Waals surface area contributed by atoms with Gasteiger partial charge in [0.2, 0.25) is 0 Å². The van der Waals surface area contributed by atoms with Gasteiger partial charge in [-0.05, 0) is 29.5 Å². The average Bonchev–Trinajstić information content (AvgIpc) is 2.42. The van der Waals surface area contributed by atoms with Gasteiger partial charge in [-0.2, -0.15) is 0 Å². The van der Waals surface area contributed by atoms with Crippen LogP contribution in [-0.4, -0.2) is 26.5 Å². The van der Waals surface area contributed by atoms with E-state index < -0.39 is 9.84 Å². The third-order valence-corrected chi connectivity index (χ3v) is 5.40. The molecule has 120 valence electrons. The Morgan fingerprint density at radius 1 is 1.10 bits per heavy atom. The van der Waals surface area contributed by atoms with Gasteiger partial charge in [-0.3, -0.25) is 0 Å². The summed E-state index contributed by atoms with van der Waals surface area (Å²) in [4.78, 5) is 0. The third kappa shape index (κ3) is 5.79. The molecule has 0 heterocycles. The van der Waals surface area contributed by atoms with Crippen LogP contribution in [0.2, 0.25) is 0 Å². The SMILES string of the molecule is CCCNC(CS(=O)(=O)CC)c1ccc(C(C)(C)C)cc1. The van der Waals surface area contributed by atoms with Gasteiger partial charge >= 0.3 is 0 Å². The number of rotatable bonds is 7. The molecule has 0 saturated carbocycles. The summed E-state index contributed by atoms with van der Waals surface area (Å²) in [6.45, 7) is 11.1. The number of benzene rings is 1. The van der Waals surface area contributed by atoms with E-state index >= 15 is 0 Å². The molecule has 3 nitrogen and oxygen atoms in total. The first-order chi connectivity index (χ1) is 9.69. The second kappa shape index (κ2) is 7.41. The summed E-state index contributed by atoms with van der Waals surface area (Å²) in [5.41, 5.74) is 2.42. The van der Waals surface area contributed by atoms with E-state index in [1.807, 2.05) is 0 Å². The fraction of sp³-hybridized carbons (Fsp3) is 0.647. The van der Waals surface area contributed by atoms with E-state index in [1.54, 1.807) is 6.92 Å². The van der Waals surface area contributed by atoms with Crippen molar-refractivity contribution in [2.75, 3.05) is 18.1 Å². The van der Waals surface area contributed by atoms with Crippen molar-refractivity contribution < 1.29 is 8.42 Å². The highest BCUT2D eigenvalue weighted by Crippen LogP contribution is 2.24. The van der Waals surface area contributed by atoms with Crippen LogP contribution in [0.4, 0.5) is 0 Å². The number of hydrogen-bond acceptors (Lipinski definition) is 3. The Kier molecular flexibility index (Phi) is 6.41. The zero-order valence-electron chi connectivity index (χ0n) is 13.9. The molecule has 0 spiro atoms. The van der Waals surface area contributed by atoms with Crippen LogP contribution in [0.25, 0.3) is 0 Å². The van der Waals surface area contributed by atoms with E-state index in [9.17, 15) is 8.42 Å². The Bertz CT molecular complexity index is 527. The molecule has 0 fully saturated rings. The Balaban J connectivity index is 2.98. The van der Waals surface area contributed by atoms with E-state index in [-0.39, 0.29) is 23.0 Å². The smallest absolute Gasteiger partial charge is 0.151 e. The van der Waals surface area contributed by atoms with Crippen LogP contribution in [0, 0.1) is 0 Å². The summed E-state index contributed by atoms with van der Waals surface area (Å²) in [5, 5.41) is 3.36. The molecule has 1 aromatic carbocycles. The Labute approximate surface area is 130 Å². The summed E-state index contributed by atoms with van der Waals surface area (Å²) < 4.78 is 23.9. The van der Waals surface area contributed by atoms with Crippen LogP contribution in [0.3, 0.4) is 0 Å². The third-order valence-electron chi connectivity index (χ3n) is 3.68. The number of hydrogen-bond donors (Lipinski definition) is 1. The van der Waals surface area contributed by atoms with Crippen molar-refractivity contribution in [2.45, 2.75) is 52.5 Å². The van der Waals surface area contributed by atoms with Crippen molar-refractivity contribution in [3.05, 3.63) is 35.4 Å². The van der Waals surface area contributed by atoms with E-state index in [1.165, 1.54) is 5.56 Å². The molecular weight excluding hydrogens is 282 g/mol. The fourth-order valence-electron chi connectivity index (χ4n) is 2.18. The minimum absolute atomic E-state index is 0.111. The molecule has 0 bridgehead atoms. The van der Waals surface area contributed by atoms with Gasteiger partial charge in [-0.15, -0.1) is 0 Å². The minimum atomic E-state index is -3.00. The highest BCUT2D eigenvalue weighted by atomic mass is 32.2. The topological polar surface area (TPSA) is 46.2 Å². The molecule has 4 heteroatoms. The highest BCUT2D eigenvalue weighted by Gasteiger charge is 2.20. The summed E-state index contributed by atoms with van der Waals surface area (Å²) >= 11 is 0. The maximum absolute atomic E-state index is 11.9. The van der Waals surface area contributed by atoms with E-state index in [4.69, 9.17) is 0 Å². The first-order valence-electron chi connectivity index (χ1n) is 7.74. The molecule has 0 aliphatic rings. The van der Waals surface area contributed by atoms with Crippen molar-refractivity contribution in [3.63, 3.8) is 0 Å². The molecule has 0 aromatic heterocycles. The monoisotopic (exact) mass is 311 g/mol. The van der Waals surface area contributed by atoms with Crippen LogP contribution in [0.15, 0.2) is 24.3 Å². The van der Waals surface area contributed by atoms with Crippen molar-refractivity contribution in [3.8, 4) is 0 Å². The molecule has 0 aliphatic heterocycles. The fourth-order valence-corrected chi connectivity index (χ4v) is 3.23. The quantitative estimate of drug-likeness (QED) is 0.839. The molecule has 21 heavy (non-hydrogen) atoms. The van der Waals surface area contributed by atoms with Crippen LogP contribution >= 0.6 is 0 Å². The van der Waals surface area contributed by atoms with Crippen molar-refractivity contribution >= 4 is 9.84 Å². The van der Waals surface area contributed by atoms with Gasteiger partial charge in [0, 0.05) is 11.8 Å². The molecule has 1 aromatic rings. The first kappa shape index (κ1) is 18.2. The van der Waals surface area contributed by atoms with Crippen LogP contribution in [0.1, 0.15) is 58.2 Å². The van der Waals surface area contributed by atoms with Gasteiger partial charge in [0.1, 0.15) is 0 Å². The average molecular weight is 311 g/mol. The highest BCUT2D eigenvalue weighted by molar-refractivity contribution is 7.91. The second-order valence-corrected chi connectivity index (χ2v) is 8.98. The maximum Gasteiger partial charge on any atom is 0.151 e. The summed E-state index contributed by atoms with van der Waals surface area (Å²) in [5.74, 6) is 0.357. The van der Waals surface area contributed by atoms with Gasteiger partial charge in [-0.1, -0.05) is 58.9 Å². The summed E-state index contributed by atoms with van der Waals surface area (Å²) in [7, 11) is -3.00. The molecule has 1 unspecified atom stereocenters. The zero-order valence-corrected chi connectivity index (χ0v) is 14.8. The lowest BCUT2D eigenvalue weighted by Crippen LogP contribution is -2.29. The molecule has 1 N–H and O–H groups in total. The lowest BCUT2D eigenvalue weighted by atomic mass is 9.86. The zero-order chi connectivity index (χ0) is 16.1. The van der Waals surface area contributed by atoms with Gasteiger partial charge in [-0.25, -0.2) is 8.42 Å². The summed E-state index contributed by atoms with van der Waals surface area (Å²) in [6, 6.07) is 8.20. The predicted octanol–water partition coefficient (Wildman–Crippen LogP) is 3.46. The van der Waals surface area contributed by atoms with Crippen LogP contribution < -0.4 is 5.32 Å². The number of nitrogens with one attached hydrogen (secondary N) is 1. The lowest BCUT2D eigenvalue weighted by Gasteiger charge is -2.22. The number of sulfone groups is 1. The molecular formula is C17H29NO2S. The normalized spacial score (nSPS) is 14.1. The van der Waals surface area contributed by atoms with Crippen molar-refractivity contribution in [1.29, 1.82) is 0 Å². The minimum Gasteiger partial charge on any atom is -0.309 e. The van der Waals surface area contributed by atoms with Crippen molar-refractivity contribution in [1.82, 2.24) is 5.32 Å². The maximum atomic E-state index is 11.9. The molecule has 1 atom stereocenters. The van der Waals surface area contributed by atoms with E-state index in [2.05, 4.69) is 57.3 Å².